The minimum atomic E-state index is -4.73. The molecule has 0 saturated carbocycles. The largest absolute Gasteiger partial charge is 0.573 e. The number of alkyl halides is 3. The first kappa shape index (κ1) is 13.4. The van der Waals surface area contributed by atoms with Crippen LogP contribution in [0.1, 0.15) is 5.56 Å². The van der Waals surface area contributed by atoms with Gasteiger partial charge in [0.05, 0.1) is 0 Å². The minimum absolute atomic E-state index is 0.258. The van der Waals surface area contributed by atoms with Crippen molar-refractivity contribution in [3.63, 3.8) is 0 Å². The molecule has 0 aliphatic heterocycles. The summed E-state index contributed by atoms with van der Waals surface area (Å²) in [6.45, 7) is 0.267. The summed E-state index contributed by atoms with van der Waals surface area (Å²) in [6.07, 6.45) is -1.69. The summed E-state index contributed by atoms with van der Waals surface area (Å²) in [5, 5.41) is 0. The van der Waals surface area contributed by atoms with Crippen LogP contribution >= 0.6 is 0 Å². The molecule has 0 bridgehead atoms. The molecular formula is C13H11F3N2O. The van der Waals surface area contributed by atoms with Gasteiger partial charge in [-0.2, -0.15) is 0 Å². The number of nitrogens with zero attached hydrogens (tertiary/aromatic N) is 1. The lowest BCUT2D eigenvalue weighted by atomic mass is 10.1. The van der Waals surface area contributed by atoms with E-state index in [9.17, 15) is 13.2 Å². The van der Waals surface area contributed by atoms with E-state index in [4.69, 9.17) is 5.73 Å². The second-order valence-corrected chi connectivity index (χ2v) is 3.83. The van der Waals surface area contributed by atoms with Crippen LogP contribution in [0.3, 0.4) is 0 Å². The lowest BCUT2D eigenvalue weighted by molar-refractivity contribution is -0.274. The highest BCUT2D eigenvalue weighted by Crippen LogP contribution is 2.33. The first-order valence-corrected chi connectivity index (χ1v) is 5.49. The molecule has 0 radical (unpaired) electrons. The number of hydrogen-bond acceptors (Lipinski definition) is 3. The molecule has 0 atom stereocenters. The Balaban J connectivity index is 2.44. The van der Waals surface area contributed by atoms with E-state index in [-0.39, 0.29) is 12.3 Å². The molecule has 6 heteroatoms. The first-order chi connectivity index (χ1) is 8.99. The van der Waals surface area contributed by atoms with Crippen molar-refractivity contribution in [2.75, 3.05) is 0 Å². The smallest absolute Gasteiger partial charge is 0.405 e. The fourth-order valence-corrected chi connectivity index (χ4v) is 1.67. The molecule has 0 fully saturated rings. The van der Waals surface area contributed by atoms with E-state index in [1.165, 1.54) is 18.3 Å². The third kappa shape index (κ3) is 3.45. The van der Waals surface area contributed by atoms with Crippen molar-refractivity contribution in [1.82, 2.24) is 4.98 Å². The number of rotatable bonds is 3. The van der Waals surface area contributed by atoms with Gasteiger partial charge in [-0.3, -0.25) is 4.98 Å². The minimum Gasteiger partial charge on any atom is -0.405 e. The zero-order valence-electron chi connectivity index (χ0n) is 9.82. The normalized spacial score (nSPS) is 11.4. The van der Waals surface area contributed by atoms with E-state index in [0.717, 1.165) is 5.56 Å². The Hall–Kier alpha value is -2.08. The fraction of sp³-hybridized carbons (Fsp3) is 0.154. The third-order valence-electron chi connectivity index (χ3n) is 2.45. The maximum Gasteiger partial charge on any atom is 0.573 e. The van der Waals surface area contributed by atoms with Gasteiger partial charge in [-0.25, -0.2) is 0 Å². The number of benzene rings is 1. The highest BCUT2D eigenvalue weighted by molar-refractivity contribution is 5.70. The van der Waals surface area contributed by atoms with Crippen molar-refractivity contribution in [3.05, 3.63) is 48.3 Å². The van der Waals surface area contributed by atoms with Crippen LogP contribution < -0.4 is 10.5 Å². The van der Waals surface area contributed by atoms with Crippen LogP contribution in [0.15, 0.2) is 42.7 Å². The van der Waals surface area contributed by atoms with Gasteiger partial charge >= 0.3 is 6.36 Å². The van der Waals surface area contributed by atoms with Crippen LogP contribution in [-0.4, -0.2) is 11.3 Å². The predicted molar refractivity (Wildman–Crippen MR) is 64.2 cm³/mol. The predicted octanol–water partition coefficient (Wildman–Crippen LogP) is 3.11. The second kappa shape index (κ2) is 5.27. The number of halogens is 3. The van der Waals surface area contributed by atoms with Gasteiger partial charge < -0.3 is 10.5 Å². The second-order valence-electron chi connectivity index (χ2n) is 3.83. The van der Waals surface area contributed by atoms with Crippen molar-refractivity contribution in [3.8, 4) is 16.9 Å². The molecule has 2 N–H and O–H groups in total. The molecule has 3 nitrogen and oxygen atoms in total. The third-order valence-corrected chi connectivity index (χ3v) is 2.45. The van der Waals surface area contributed by atoms with Gasteiger partial charge in [0.2, 0.25) is 0 Å². The molecule has 1 aromatic heterocycles. The van der Waals surface area contributed by atoms with Crippen LogP contribution in [0.5, 0.6) is 5.75 Å². The molecule has 2 aromatic rings. The summed E-state index contributed by atoms with van der Waals surface area (Å²) >= 11 is 0. The van der Waals surface area contributed by atoms with Crippen LogP contribution in [0.4, 0.5) is 13.2 Å². The number of ether oxygens (including phenoxy) is 1. The number of pyridine rings is 1. The van der Waals surface area contributed by atoms with Gasteiger partial charge in [-0.1, -0.05) is 18.2 Å². The summed E-state index contributed by atoms with van der Waals surface area (Å²) in [6, 6.07) is 7.60. The van der Waals surface area contributed by atoms with E-state index < -0.39 is 6.36 Å². The highest BCUT2D eigenvalue weighted by Gasteiger charge is 2.32. The topological polar surface area (TPSA) is 48.1 Å². The first-order valence-electron chi connectivity index (χ1n) is 5.49. The Morgan fingerprint density at radius 1 is 1.16 bits per heavy atom. The standard InChI is InChI=1S/C13H11F3N2O/c14-13(15,16)19-12-4-2-1-3-11(12)10-5-9(6-17)7-18-8-10/h1-5,7-8H,6,17H2. The van der Waals surface area contributed by atoms with Crippen LogP contribution in [0, 0.1) is 0 Å². The maximum atomic E-state index is 12.3. The highest BCUT2D eigenvalue weighted by atomic mass is 19.4. The number of nitrogens with two attached hydrogens (primary N) is 1. The van der Waals surface area contributed by atoms with Crippen molar-refractivity contribution >= 4 is 0 Å². The zero-order valence-corrected chi connectivity index (χ0v) is 9.82. The monoisotopic (exact) mass is 268 g/mol. The Labute approximate surface area is 107 Å². The van der Waals surface area contributed by atoms with Crippen LogP contribution in [0.2, 0.25) is 0 Å². The lowest BCUT2D eigenvalue weighted by Crippen LogP contribution is -2.17. The summed E-state index contributed by atoms with van der Waals surface area (Å²) in [7, 11) is 0. The Kier molecular flexibility index (Phi) is 3.71. The Morgan fingerprint density at radius 3 is 2.58 bits per heavy atom. The van der Waals surface area contributed by atoms with Crippen LogP contribution in [-0.2, 0) is 6.54 Å². The lowest BCUT2D eigenvalue weighted by Gasteiger charge is -2.13. The van der Waals surface area contributed by atoms with Gasteiger partial charge in [0.25, 0.3) is 0 Å². The van der Waals surface area contributed by atoms with Crippen molar-refractivity contribution < 1.29 is 17.9 Å². The molecule has 0 amide bonds. The Morgan fingerprint density at radius 2 is 1.89 bits per heavy atom. The van der Waals surface area contributed by atoms with E-state index >= 15 is 0 Å². The Bertz CT molecular complexity index is 570. The average molecular weight is 268 g/mol. The number of aromatic nitrogens is 1. The SMILES string of the molecule is NCc1cncc(-c2ccccc2OC(F)(F)F)c1. The number of para-hydroxylation sites is 1. The summed E-state index contributed by atoms with van der Waals surface area (Å²) < 4.78 is 41.0. The molecule has 0 saturated heterocycles. The molecule has 0 spiro atoms. The van der Waals surface area contributed by atoms with Gasteiger partial charge in [-0.15, -0.1) is 13.2 Å². The average Bonchev–Trinajstić information content (AvgIpc) is 2.37. The molecule has 0 unspecified atom stereocenters. The molecule has 19 heavy (non-hydrogen) atoms. The van der Waals surface area contributed by atoms with Gasteiger partial charge in [0.15, 0.2) is 0 Å². The number of hydrogen-bond donors (Lipinski definition) is 1. The molecular weight excluding hydrogens is 257 g/mol. The zero-order chi connectivity index (χ0) is 13.9. The van der Waals surface area contributed by atoms with Crippen molar-refractivity contribution in [2.45, 2.75) is 12.9 Å². The summed E-state index contributed by atoms with van der Waals surface area (Å²) in [5.74, 6) is -0.258. The molecule has 0 aliphatic carbocycles. The molecule has 0 aliphatic rings. The summed E-state index contributed by atoms with van der Waals surface area (Å²) in [4.78, 5) is 3.95. The molecule has 1 aromatic carbocycles. The van der Waals surface area contributed by atoms with E-state index in [1.807, 2.05) is 0 Å². The van der Waals surface area contributed by atoms with Crippen molar-refractivity contribution in [1.29, 1.82) is 0 Å². The molecule has 2 rings (SSSR count). The fourth-order valence-electron chi connectivity index (χ4n) is 1.67. The quantitative estimate of drug-likeness (QED) is 0.930. The van der Waals surface area contributed by atoms with Crippen LogP contribution in [0.25, 0.3) is 11.1 Å². The van der Waals surface area contributed by atoms with Gasteiger partial charge in [0.1, 0.15) is 5.75 Å². The molecule has 100 valence electrons. The van der Waals surface area contributed by atoms with E-state index in [2.05, 4.69) is 9.72 Å². The van der Waals surface area contributed by atoms with E-state index in [1.54, 1.807) is 24.4 Å². The molecule has 1 heterocycles. The van der Waals surface area contributed by atoms with Gasteiger partial charge in [-0.05, 0) is 17.7 Å². The van der Waals surface area contributed by atoms with Crippen molar-refractivity contribution in [2.24, 2.45) is 5.73 Å². The summed E-state index contributed by atoms with van der Waals surface area (Å²) in [5.41, 5.74) is 7.07. The maximum absolute atomic E-state index is 12.3. The van der Waals surface area contributed by atoms with E-state index in [0.29, 0.717) is 11.1 Å². The van der Waals surface area contributed by atoms with Gasteiger partial charge in [0, 0.05) is 30.1 Å².